The fourth-order valence-electron chi connectivity index (χ4n) is 1.91. The molecule has 0 saturated heterocycles. The van der Waals surface area contributed by atoms with Crippen molar-refractivity contribution in [3.05, 3.63) is 23.3 Å². The molecule has 0 bridgehead atoms. The van der Waals surface area contributed by atoms with Gasteiger partial charge >= 0.3 is 0 Å². The molecule has 0 atom stereocenters. The highest BCUT2D eigenvalue weighted by Crippen LogP contribution is 2.32. The molecule has 96 valence electrons. The summed E-state index contributed by atoms with van der Waals surface area (Å²) >= 11 is 0. The summed E-state index contributed by atoms with van der Waals surface area (Å²) in [5.41, 5.74) is 2.81. The van der Waals surface area contributed by atoms with Crippen LogP contribution in [0.15, 0.2) is 12.1 Å². The minimum atomic E-state index is -0.0835. The zero-order valence-corrected chi connectivity index (χ0v) is 11.3. The molecular weight excluding hydrogens is 228 g/mol. The van der Waals surface area contributed by atoms with Crippen LogP contribution < -0.4 is 9.64 Å². The van der Waals surface area contributed by atoms with E-state index in [9.17, 15) is 4.79 Å². The van der Waals surface area contributed by atoms with E-state index in [4.69, 9.17) is 10.00 Å². The Morgan fingerprint density at radius 1 is 1.44 bits per heavy atom. The Bertz CT molecular complexity index is 489. The van der Waals surface area contributed by atoms with Crippen LogP contribution in [-0.2, 0) is 4.79 Å². The topological polar surface area (TPSA) is 53.3 Å². The summed E-state index contributed by atoms with van der Waals surface area (Å²) in [6.45, 7) is 3.92. The average molecular weight is 246 g/mol. The number of aryl methyl sites for hydroxylation is 2. The van der Waals surface area contributed by atoms with Crippen molar-refractivity contribution in [2.24, 2.45) is 0 Å². The number of carbonyl (C=O) groups is 1. The van der Waals surface area contributed by atoms with Gasteiger partial charge in [0.2, 0.25) is 5.91 Å². The number of rotatable bonds is 4. The highest BCUT2D eigenvalue weighted by Gasteiger charge is 2.16. The number of anilines is 1. The summed E-state index contributed by atoms with van der Waals surface area (Å²) < 4.78 is 5.35. The molecule has 1 rings (SSSR count). The number of ether oxygens (including phenoxy) is 1. The molecule has 0 saturated carbocycles. The lowest BCUT2D eigenvalue weighted by Gasteiger charge is -2.21. The van der Waals surface area contributed by atoms with E-state index in [-0.39, 0.29) is 18.7 Å². The van der Waals surface area contributed by atoms with Gasteiger partial charge < -0.3 is 9.64 Å². The van der Waals surface area contributed by atoms with Gasteiger partial charge in [0, 0.05) is 19.9 Å². The van der Waals surface area contributed by atoms with Crippen molar-refractivity contribution in [1.29, 1.82) is 5.26 Å². The summed E-state index contributed by atoms with van der Waals surface area (Å²) in [4.78, 5) is 13.5. The number of methoxy groups -OCH3 is 1. The minimum Gasteiger partial charge on any atom is -0.494 e. The summed E-state index contributed by atoms with van der Waals surface area (Å²) in [6, 6.07) is 5.90. The number of amides is 1. The van der Waals surface area contributed by atoms with E-state index in [1.54, 1.807) is 19.1 Å². The van der Waals surface area contributed by atoms with Gasteiger partial charge in [0.15, 0.2) is 0 Å². The Morgan fingerprint density at radius 3 is 2.67 bits per heavy atom. The van der Waals surface area contributed by atoms with Crippen LogP contribution in [0.5, 0.6) is 5.75 Å². The van der Waals surface area contributed by atoms with Crippen LogP contribution in [0.1, 0.15) is 24.0 Å². The van der Waals surface area contributed by atoms with Crippen molar-refractivity contribution in [3.8, 4) is 11.8 Å². The second-order valence-corrected chi connectivity index (χ2v) is 4.25. The van der Waals surface area contributed by atoms with Crippen molar-refractivity contribution in [2.75, 3.05) is 19.1 Å². The van der Waals surface area contributed by atoms with Gasteiger partial charge in [-0.1, -0.05) is 6.07 Å². The van der Waals surface area contributed by atoms with E-state index in [1.807, 2.05) is 32.0 Å². The first-order chi connectivity index (χ1) is 8.51. The largest absolute Gasteiger partial charge is 0.494 e. The highest BCUT2D eigenvalue weighted by molar-refractivity contribution is 5.94. The van der Waals surface area contributed by atoms with Crippen molar-refractivity contribution in [3.63, 3.8) is 0 Å². The molecule has 4 heteroatoms. The SMILES string of the molecule is COc1c(C)cc(C)cc1N(C)C(=O)CCC#N. The summed E-state index contributed by atoms with van der Waals surface area (Å²) in [5, 5.41) is 8.51. The Hall–Kier alpha value is -2.02. The smallest absolute Gasteiger partial charge is 0.227 e. The van der Waals surface area contributed by atoms with E-state index in [0.717, 1.165) is 16.8 Å². The molecule has 1 aromatic rings. The van der Waals surface area contributed by atoms with Crippen molar-refractivity contribution in [2.45, 2.75) is 26.7 Å². The van der Waals surface area contributed by atoms with Crippen molar-refractivity contribution in [1.82, 2.24) is 0 Å². The molecule has 0 aliphatic heterocycles. The number of carbonyl (C=O) groups excluding carboxylic acids is 1. The van der Waals surface area contributed by atoms with Gasteiger partial charge in [0.1, 0.15) is 5.75 Å². The van der Waals surface area contributed by atoms with E-state index in [1.165, 1.54) is 0 Å². The van der Waals surface area contributed by atoms with Gasteiger partial charge in [-0.25, -0.2) is 0 Å². The third-order valence-electron chi connectivity index (χ3n) is 2.79. The molecule has 0 N–H and O–H groups in total. The average Bonchev–Trinajstić information content (AvgIpc) is 2.34. The van der Waals surface area contributed by atoms with E-state index in [0.29, 0.717) is 5.75 Å². The van der Waals surface area contributed by atoms with Crippen LogP contribution in [0, 0.1) is 25.2 Å². The van der Waals surface area contributed by atoms with Gasteiger partial charge in [-0.15, -0.1) is 0 Å². The van der Waals surface area contributed by atoms with E-state index in [2.05, 4.69) is 0 Å². The molecular formula is C14H18N2O2. The number of nitrogens with zero attached hydrogens (tertiary/aromatic N) is 2. The molecule has 0 fully saturated rings. The van der Waals surface area contributed by atoms with Crippen molar-refractivity contribution < 1.29 is 9.53 Å². The minimum absolute atomic E-state index is 0.0835. The quantitative estimate of drug-likeness (QED) is 0.820. The first-order valence-corrected chi connectivity index (χ1v) is 5.80. The molecule has 4 nitrogen and oxygen atoms in total. The molecule has 18 heavy (non-hydrogen) atoms. The summed E-state index contributed by atoms with van der Waals surface area (Å²) in [6.07, 6.45) is 0.458. The lowest BCUT2D eigenvalue weighted by atomic mass is 10.1. The molecule has 0 spiro atoms. The maximum atomic E-state index is 11.9. The molecule has 0 heterocycles. The third kappa shape index (κ3) is 3.01. The fraction of sp³-hybridized carbons (Fsp3) is 0.429. The van der Waals surface area contributed by atoms with Gasteiger partial charge in [0.05, 0.1) is 18.9 Å². The lowest BCUT2D eigenvalue weighted by Crippen LogP contribution is -2.26. The maximum Gasteiger partial charge on any atom is 0.227 e. The predicted molar refractivity (Wildman–Crippen MR) is 70.7 cm³/mol. The van der Waals surface area contributed by atoms with Crippen LogP contribution in [0.2, 0.25) is 0 Å². The van der Waals surface area contributed by atoms with Crippen LogP contribution in [0.25, 0.3) is 0 Å². The van der Waals surface area contributed by atoms with Crippen LogP contribution in [0.4, 0.5) is 5.69 Å². The van der Waals surface area contributed by atoms with Crippen LogP contribution in [0.3, 0.4) is 0 Å². The molecule has 1 amide bonds. The molecule has 0 unspecified atom stereocenters. The first kappa shape index (κ1) is 14.0. The first-order valence-electron chi connectivity index (χ1n) is 5.80. The molecule has 0 aliphatic carbocycles. The second-order valence-electron chi connectivity index (χ2n) is 4.25. The monoisotopic (exact) mass is 246 g/mol. The molecule has 0 radical (unpaired) electrons. The lowest BCUT2D eigenvalue weighted by molar-refractivity contribution is -0.118. The normalized spacial score (nSPS) is 9.72. The molecule has 1 aromatic carbocycles. The fourth-order valence-corrected chi connectivity index (χ4v) is 1.91. The number of nitriles is 1. The number of hydrogen-bond acceptors (Lipinski definition) is 3. The standard InChI is InChI=1S/C14H18N2O2/c1-10-8-11(2)14(18-4)12(9-10)16(3)13(17)6-5-7-15/h8-9H,5-6H2,1-4H3. The van der Waals surface area contributed by atoms with E-state index >= 15 is 0 Å². The van der Waals surface area contributed by atoms with E-state index < -0.39 is 0 Å². The van der Waals surface area contributed by atoms with Gasteiger partial charge in [0.25, 0.3) is 0 Å². The Labute approximate surface area is 108 Å². The summed E-state index contributed by atoms with van der Waals surface area (Å²) in [7, 11) is 3.30. The molecule has 0 aliphatic rings. The zero-order chi connectivity index (χ0) is 13.7. The predicted octanol–water partition coefficient (Wildman–Crippen LogP) is 2.58. The Balaban J connectivity index is 3.08. The van der Waals surface area contributed by atoms with Gasteiger partial charge in [-0.2, -0.15) is 5.26 Å². The highest BCUT2D eigenvalue weighted by atomic mass is 16.5. The molecule has 0 aromatic heterocycles. The Morgan fingerprint density at radius 2 is 2.11 bits per heavy atom. The number of benzene rings is 1. The van der Waals surface area contributed by atoms with Gasteiger partial charge in [-0.3, -0.25) is 4.79 Å². The second kappa shape index (κ2) is 6.06. The summed E-state index contributed by atoms with van der Waals surface area (Å²) in [5.74, 6) is 0.619. The zero-order valence-electron chi connectivity index (χ0n) is 11.3. The Kier molecular flexibility index (Phi) is 4.73. The maximum absolute atomic E-state index is 11.9. The third-order valence-corrected chi connectivity index (χ3v) is 2.79. The van der Waals surface area contributed by atoms with Crippen LogP contribution in [-0.4, -0.2) is 20.1 Å². The van der Waals surface area contributed by atoms with Gasteiger partial charge in [-0.05, 0) is 31.0 Å². The van der Waals surface area contributed by atoms with Crippen molar-refractivity contribution >= 4 is 11.6 Å². The van der Waals surface area contributed by atoms with Crippen LogP contribution >= 0.6 is 0 Å². The number of hydrogen-bond donors (Lipinski definition) is 0.